The summed E-state index contributed by atoms with van der Waals surface area (Å²) in [5.74, 6) is -1.03. The molecule has 2 aromatic carbocycles. The van der Waals surface area contributed by atoms with E-state index in [-0.39, 0.29) is 17.4 Å². The van der Waals surface area contributed by atoms with E-state index in [0.717, 1.165) is 32.5 Å². The number of carbonyl (C=O) groups excluding carboxylic acids is 3. The zero-order valence-electron chi connectivity index (χ0n) is 22.3. The Morgan fingerprint density at radius 1 is 1.03 bits per heavy atom. The molecule has 7 nitrogen and oxygen atoms in total. The van der Waals surface area contributed by atoms with Gasteiger partial charge in [0.25, 0.3) is 5.91 Å². The highest BCUT2D eigenvalue weighted by atomic mass is 19.1. The smallest absolute Gasteiger partial charge is 0.254 e. The number of hydrogen-bond donors (Lipinski definition) is 2. The van der Waals surface area contributed by atoms with Crippen LogP contribution in [0.3, 0.4) is 0 Å². The molecule has 0 bridgehead atoms. The number of nitrogens with zero attached hydrogens (tertiary/aromatic N) is 2. The van der Waals surface area contributed by atoms with Gasteiger partial charge in [-0.1, -0.05) is 49.4 Å². The number of piperidine rings is 1. The van der Waals surface area contributed by atoms with Crippen molar-refractivity contribution >= 4 is 17.7 Å². The highest BCUT2D eigenvalue weighted by Crippen LogP contribution is 2.34. The van der Waals surface area contributed by atoms with Crippen molar-refractivity contribution in [2.24, 2.45) is 0 Å². The maximum absolute atomic E-state index is 13.8. The summed E-state index contributed by atoms with van der Waals surface area (Å²) in [5, 5.41) is 5.77. The molecule has 2 aliphatic rings. The molecule has 2 heterocycles. The lowest BCUT2D eigenvalue weighted by atomic mass is 9.81. The van der Waals surface area contributed by atoms with Gasteiger partial charge in [0.1, 0.15) is 17.4 Å². The summed E-state index contributed by atoms with van der Waals surface area (Å²) in [6.07, 6.45) is 4.87. The fourth-order valence-corrected chi connectivity index (χ4v) is 5.61. The van der Waals surface area contributed by atoms with Crippen molar-refractivity contribution in [1.82, 2.24) is 20.4 Å². The Balaban J connectivity index is 1.26. The molecule has 2 saturated heterocycles. The number of piperazine rings is 1. The van der Waals surface area contributed by atoms with Crippen molar-refractivity contribution in [3.63, 3.8) is 0 Å². The van der Waals surface area contributed by atoms with Crippen LogP contribution in [0.2, 0.25) is 0 Å². The number of halogens is 1. The molecule has 38 heavy (non-hydrogen) atoms. The molecule has 0 unspecified atom stereocenters. The summed E-state index contributed by atoms with van der Waals surface area (Å²) in [7, 11) is 0. The first kappa shape index (κ1) is 27.8. The second-order valence-electron chi connectivity index (χ2n) is 10.4. The summed E-state index contributed by atoms with van der Waals surface area (Å²) >= 11 is 0. The van der Waals surface area contributed by atoms with E-state index in [4.69, 9.17) is 0 Å². The molecule has 0 radical (unpaired) electrons. The number of unbranched alkanes of at least 4 members (excludes halogenated alkanes) is 1. The van der Waals surface area contributed by atoms with Gasteiger partial charge in [-0.2, -0.15) is 0 Å². The molecule has 2 aromatic rings. The van der Waals surface area contributed by atoms with Gasteiger partial charge in [0.2, 0.25) is 11.8 Å². The van der Waals surface area contributed by atoms with Crippen molar-refractivity contribution in [3.05, 3.63) is 71.5 Å². The van der Waals surface area contributed by atoms with E-state index in [1.807, 2.05) is 17.9 Å². The van der Waals surface area contributed by atoms with Crippen LogP contribution < -0.4 is 10.6 Å². The van der Waals surface area contributed by atoms with Gasteiger partial charge >= 0.3 is 0 Å². The van der Waals surface area contributed by atoms with Crippen LogP contribution in [0.4, 0.5) is 4.39 Å². The summed E-state index contributed by atoms with van der Waals surface area (Å²) in [4.78, 5) is 43.4. The van der Waals surface area contributed by atoms with Crippen LogP contribution in [0, 0.1) is 5.82 Å². The molecule has 2 N–H and O–H groups in total. The predicted octanol–water partition coefficient (Wildman–Crippen LogP) is 3.54. The number of benzene rings is 2. The maximum Gasteiger partial charge on any atom is 0.254 e. The Morgan fingerprint density at radius 2 is 1.74 bits per heavy atom. The first-order chi connectivity index (χ1) is 18.4. The molecule has 3 amide bonds. The fraction of sp³-hybridized carbons (Fsp3) is 0.500. The Morgan fingerprint density at radius 3 is 2.45 bits per heavy atom. The minimum absolute atomic E-state index is 0.000391. The van der Waals surface area contributed by atoms with Crippen LogP contribution in [0.1, 0.15) is 61.4 Å². The molecular formula is C30H39FN4O3. The Hall–Kier alpha value is -3.26. The van der Waals surface area contributed by atoms with E-state index in [2.05, 4.69) is 39.8 Å². The first-order valence-electron chi connectivity index (χ1n) is 13.9. The third-order valence-corrected chi connectivity index (χ3v) is 7.82. The van der Waals surface area contributed by atoms with E-state index in [1.165, 1.54) is 17.7 Å². The molecule has 0 aliphatic carbocycles. The van der Waals surface area contributed by atoms with Crippen LogP contribution in [0.15, 0.2) is 54.6 Å². The first-order valence-corrected chi connectivity index (χ1v) is 13.9. The van der Waals surface area contributed by atoms with E-state index in [0.29, 0.717) is 45.2 Å². The lowest BCUT2D eigenvalue weighted by Crippen LogP contribution is -2.72. The summed E-state index contributed by atoms with van der Waals surface area (Å²) in [6.45, 7) is 5.52. The Kier molecular flexibility index (Phi) is 9.50. The maximum atomic E-state index is 13.8. The van der Waals surface area contributed by atoms with E-state index in [9.17, 15) is 18.8 Å². The van der Waals surface area contributed by atoms with Gasteiger partial charge in [-0.15, -0.1) is 0 Å². The predicted molar refractivity (Wildman–Crippen MR) is 145 cm³/mol. The van der Waals surface area contributed by atoms with Gasteiger partial charge in [0.15, 0.2) is 0 Å². The SMILES string of the molecule is CCCN1C(=O)[C@H](CCCCNC(=O)c2ccccc2F)NC(=O)C12CCN(CCc1ccccc1)CC2. The Labute approximate surface area is 224 Å². The van der Waals surface area contributed by atoms with Crippen molar-refractivity contribution in [2.45, 2.75) is 63.5 Å². The number of likely N-dealkylation sites (tertiary alicyclic amines) is 1. The number of rotatable bonds is 11. The van der Waals surface area contributed by atoms with Gasteiger partial charge in [0, 0.05) is 32.7 Å². The van der Waals surface area contributed by atoms with Crippen LogP contribution in [-0.2, 0) is 16.0 Å². The third kappa shape index (κ3) is 6.41. The van der Waals surface area contributed by atoms with Gasteiger partial charge in [0.05, 0.1) is 5.56 Å². The number of amides is 3. The molecule has 0 saturated carbocycles. The zero-order valence-corrected chi connectivity index (χ0v) is 22.3. The normalized spacial score (nSPS) is 19.4. The topological polar surface area (TPSA) is 81.8 Å². The lowest BCUT2D eigenvalue weighted by Gasteiger charge is -2.51. The van der Waals surface area contributed by atoms with Gasteiger partial charge in [-0.05, 0) is 62.6 Å². The highest BCUT2D eigenvalue weighted by Gasteiger charge is 2.52. The van der Waals surface area contributed by atoms with Gasteiger partial charge in [-0.3, -0.25) is 14.4 Å². The second-order valence-corrected chi connectivity index (χ2v) is 10.4. The summed E-state index contributed by atoms with van der Waals surface area (Å²) in [6, 6.07) is 15.7. The highest BCUT2D eigenvalue weighted by molar-refractivity contribution is 6.00. The van der Waals surface area contributed by atoms with Crippen LogP contribution in [-0.4, -0.2) is 71.8 Å². The summed E-state index contributed by atoms with van der Waals surface area (Å²) < 4.78 is 13.8. The zero-order chi connectivity index (χ0) is 27.0. The minimum Gasteiger partial charge on any atom is -0.352 e. The molecule has 1 atom stereocenters. The molecule has 8 heteroatoms. The van der Waals surface area contributed by atoms with Crippen molar-refractivity contribution in [1.29, 1.82) is 0 Å². The third-order valence-electron chi connectivity index (χ3n) is 7.82. The molecule has 1 spiro atoms. The average Bonchev–Trinajstić information content (AvgIpc) is 2.94. The number of nitrogens with one attached hydrogen (secondary N) is 2. The molecule has 0 aromatic heterocycles. The minimum atomic E-state index is -0.763. The number of carbonyl (C=O) groups is 3. The summed E-state index contributed by atoms with van der Waals surface area (Å²) in [5.41, 5.74) is 0.565. The standard InChI is InChI=1S/C30H39FN4O3/c1-2-19-35-28(37)26(14-8-9-18-32-27(36)24-12-6-7-13-25(24)31)33-29(38)30(35)16-21-34(22-17-30)20-15-23-10-4-3-5-11-23/h3-7,10-13,26H,2,8-9,14-22H2,1H3,(H,32,36)(H,33,38)/t26-/m0/s1. The van der Waals surface area contributed by atoms with E-state index >= 15 is 0 Å². The largest absolute Gasteiger partial charge is 0.352 e. The molecular weight excluding hydrogens is 483 g/mol. The van der Waals surface area contributed by atoms with Gasteiger partial charge in [-0.25, -0.2) is 4.39 Å². The van der Waals surface area contributed by atoms with E-state index in [1.54, 1.807) is 12.1 Å². The van der Waals surface area contributed by atoms with Crippen LogP contribution in [0.25, 0.3) is 0 Å². The van der Waals surface area contributed by atoms with Crippen LogP contribution in [0.5, 0.6) is 0 Å². The number of hydrogen-bond acceptors (Lipinski definition) is 4. The van der Waals surface area contributed by atoms with Crippen molar-refractivity contribution in [2.75, 3.05) is 32.7 Å². The monoisotopic (exact) mass is 522 g/mol. The fourth-order valence-electron chi connectivity index (χ4n) is 5.61. The van der Waals surface area contributed by atoms with Crippen LogP contribution >= 0.6 is 0 Å². The second kappa shape index (κ2) is 13.0. The average molecular weight is 523 g/mol. The molecule has 204 valence electrons. The molecule has 4 rings (SSSR count). The quantitative estimate of drug-likeness (QED) is 0.443. The van der Waals surface area contributed by atoms with E-state index < -0.39 is 23.3 Å². The lowest BCUT2D eigenvalue weighted by molar-refractivity contribution is -0.161. The Bertz CT molecular complexity index is 1100. The molecule has 2 aliphatic heterocycles. The molecule has 2 fully saturated rings. The van der Waals surface area contributed by atoms with Crippen molar-refractivity contribution < 1.29 is 18.8 Å². The van der Waals surface area contributed by atoms with Crippen molar-refractivity contribution in [3.8, 4) is 0 Å². The van der Waals surface area contributed by atoms with Gasteiger partial charge < -0.3 is 20.4 Å².